The summed E-state index contributed by atoms with van der Waals surface area (Å²) in [6.07, 6.45) is -25.3. The van der Waals surface area contributed by atoms with Gasteiger partial charge in [0.1, 0.15) is 0 Å². The normalized spacial score (nSPS) is 14.3. The Kier molecular flexibility index (Phi) is 6.29. The van der Waals surface area contributed by atoms with Gasteiger partial charge in [0, 0.05) is 16.9 Å². The number of benzene rings is 2. The number of hydrogen-bond donors (Lipinski definition) is 2. The first-order valence-corrected chi connectivity index (χ1v) is 8.39. The van der Waals surface area contributed by atoms with Crippen molar-refractivity contribution in [3.8, 4) is 0 Å². The predicted molar refractivity (Wildman–Crippen MR) is 89.6 cm³/mol. The molecule has 0 amide bonds. The smallest absolute Gasteiger partial charge is 0.399 e. The standard InChI is InChI=1S/C18H11F13N2/c19-13(15(20,21)22,16(23,24)25)9-3-7-12(8-4-9)33-14(17(26,27)28,18(29,30)31)10-1-5-11(32)6-2-10/h1-8,33H,32H2. The lowest BCUT2D eigenvalue weighted by molar-refractivity contribution is -0.348. The minimum atomic E-state index is -6.52. The average molecular weight is 502 g/mol. The van der Waals surface area contributed by atoms with Crippen LogP contribution in [0.15, 0.2) is 48.5 Å². The van der Waals surface area contributed by atoms with Gasteiger partial charge < -0.3 is 11.1 Å². The highest BCUT2D eigenvalue weighted by Gasteiger charge is 2.74. The van der Waals surface area contributed by atoms with E-state index in [1.54, 1.807) is 0 Å². The number of anilines is 2. The highest BCUT2D eigenvalue weighted by Crippen LogP contribution is 2.54. The van der Waals surface area contributed by atoms with Crippen molar-refractivity contribution in [2.24, 2.45) is 0 Å². The number of nitrogens with two attached hydrogens (primary N) is 1. The molecule has 0 saturated carbocycles. The Hall–Kier alpha value is -2.87. The second kappa shape index (κ2) is 7.87. The van der Waals surface area contributed by atoms with Gasteiger partial charge >= 0.3 is 30.4 Å². The van der Waals surface area contributed by atoms with E-state index >= 15 is 0 Å². The van der Waals surface area contributed by atoms with Crippen LogP contribution in [0.4, 0.5) is 68.5 Å². The first-order valence-electron chi connectivity index (χ1n) is 8.39. The molecule has 2 aromatic carbocycles. The Morgan fingerprint density at radius 1 is 0.485 bits per heavy atom. The van der Waals surface area contributed by atoms with E-state index in [0.717, 1.165) is 17.4 Å². The van der Waals surface area contributed by atoms with Gasteiger partial charge in [0.15, 0.2) is 0 Å². The van der Waals surface area contributed by atoms with Crippen molar-refractivity contribution in [1.82, 2.24) is 0 Å². The molecule has 0 aromatic heterocycles. The Labute approximate surface area is 176 Å². The summed E-state index contributed by atoms with van der Waals surface area (Å²) in [5, 5.41) is 1.09. The number of nitrogen functional groups attached to an aromatic ring is 1. The Bertz CT molecular complexity index is 924. The molecule has 33 heavy (non-hydrogen) atoms. The largest absolute Gasteiger partial charge is 0.435 e. The van der Waals surface area contributed by atoms with E-state index in [9.17, 15) is 57.1 Å². The molecular formula is C18H11F13N2. The van der Waals surface area contributed by atoms with Gasteiger partial charge in [-0.05, 0) is 29.8 Å². The Balaban J connectivity index is 2.65. The van der Waals surface area contributed by atoms with Crippen LogP contribution >= 0.6 is 0 Å². The fourth-order valence-corrected chi connectivity index (χ4v) is 2.92. The molecule has 0 unspecified atom stereocenters. The summed E-state index contributed by atoms with van der Waals surface area (Å²) in [6.45, 7) is 0. The molecule has 0 bridgehead atoms. The fraction of sp³-hybridized carbons (Fsp3) is 0.333. The summed E-state index contributed by atoms with van der Waals surface area (Å²) in [4.78, 5) is 0. The SMILES string of the molecule is Nc1ccc(C(Nc2ccc(C(F)(C(F)(F)F)C(F)(F)F)cc2)(C(F)(F)F)C(F)(F)F)cc1. The number of rotatable bonds is 4. The van der Waals surface area contributed by atoms with E-state index in [1.807, 2.05) is 0 Å². The topological polar surface area (TPSA) is 38.0 Å². The molecule has 0 saturated heterocycles. The van der Waals surface area contributed by atoms with Gasteiger partial charge in [-0.3, -0.25) is 0 Å². The third-order valence-corrected chi connectivity index (χ3v) is 4.59. The predicted octanol–water partition coefficient (Wildman–Crippen LogP) is 6.99. The van der Waals surface area contributed by atoms with E-state index in [4.69, 9.17) is 5.73 Å². The summed E-state index contributed by atoms with van der Waals surface area (Å²) >= 11 is 0. The van der Waals surface area contributed by atoms with Crippen LogP contribution < -0.4 is 11.1 Å². The fourth-order valence-electron chi connectivity index (χ4n) is 2.92. The molecule has 2 aromatic rings. The maximum atomic E-state index is 14.0. The van der Waals surface area contributed by atoms with E-state index in [1.165, 1.54) is 0 Å². The lowest BCUT2D eigenvalue weighted by atomic mass is 9.87. The van der Waals surface area contributed by atoms with Crippen LogP contribution in [-0.2, 0) is 11.2 Å². The lowest BCUT2D eigenvalue weighted by Crippen LogP contribution is -2.59. The molecule has 3 N–H and O–H groups in total. The van der Waals surface area contributed by atoms with E-state index in [-0.39, 0.29) is 30.0 Å². The highest BCUT2D eigenvalue weighted by atomic mass is 19.4. The van der Waals surface area contributed by atoms with Crippen LogP contribution in [0.2, 0.25) is 0 Å². The van der Waals surface area contributed by atoms with Crippen LogP contribution in [0, 0.1) is 0 Å². The Morgan fingerprint density at radius 2 is 0.848 bits per heavy atom. The molecule has 15 heteroatoms. The zero-order valence-corrected chi connectivity index (χ0v) is 15.6. The number of alkyl halides is 13. The highest BCUT2D eigenvalue weighted by molar-refractivity contribution is 5.53. The summed E-state index contributed by atoms with van der Waals surface area (Å²) < 4.78 is 173. The number of halogens is 13. The Morgan fingerprint density at radius 3 is 1.18 bits per heavy atom. The zero-order valence-electron chi connectivity index (χ0n) is 15.6. The van der Waals surface area contributed by atoms with Crippen molar-refractivity contribution in [2.45, 2.75) is 35.9 Å². The van der Waals surface area contributed by atoms with Crippen LogP contribution in [0.5, 0.6) is 0 Å². The first-order chi connectivity index (χ1) is 14.7. The minimum Gasteiger partial charge on any atom is -0.399 e. The summed E-state index contributed by atoms with van der Waals surface area (Å²) in [5.41, 5.74) is -10.4. The molecule has 0 radical (unpaired) electrons. The molecule has 0 aliphatic carbocycles. The van der Waals surface area contributed by atoms with Crippen molar-refractivity contribution >= 4 is 11.4 Å². The van der Waals surface area contributed by atoms with Gasteiger partial charge in [0.05, 0.1) is 0 Å². The zero-order chi connectivity index (χ0) is 25.7. The number of hydrogen-bond acceptors (Lipinski definition) is 2. The third-order valence-electron chi connectivity index (χ3n) is 4.59. The van der Waals surface area contributed by atoms with Crippen molar-refractivity contribution in [1.29, 1.82) is 0 Å². The van der Waals surface area contributed by atoms with Gasteiger partial charge in [0.25, 0.3) is 5.54 Å². The molecule has 0 atom stereocenters. The van der Waals surface area contributed by atoms with E-state index in [0.29, 0.717) is 12.1 Å². The molecule has 2 nitrogen and oxygen atoms in total. The lowest BCUT2D eigenvalue weighted by Gasteiger charge is -2.39. The molecule has 184 valence electrons. The van der Waals surface area contributed by atoms with Gasteiger partial charge in [-0.1, -0.05) is 24.3 Å². The number of nitrogens with one attached hydrogen (secondary N) is 1. The van der Waals surface area contributed by atoms with Crippen LogP contribution in [0.1, 0.15) is 11.1 Å². The van der Waals surface area contributed by atoms with Gasteiger partial charge in [-0.2, -0.15) is 52.7 Å². The van der Waals surface area contributed by atoms with Crippen LogP contribution in [0.3, 0.4) is 0 Å². The quantitative estimate of drug-likeness (QED) is 0.350. The molecule has 0 heterocycles. The summed E-state index contributed by atoms with van der Waals surface area (Å²) in [7, 11) is 0. The first kappa shape index (κ1) is 26.4. The second-order valence-corrected chi connectivity index (χ2v) is 6.72. The third kappa shape index (κ3) is 4.36. The van der Waals surface area contributed by atoms with Gasteiger partial charge in [-0.15, -0.1) is 0 Å². The molecular weight excluding hydrogens is 491 g/mol. The molecule has 0 spiro atoms. The van der Waals surface area contributed by atoms with Gasteiger partial charge in [0.2, 0.25) is 0 Å². The van der Waals surface area contributed by atoms with E-state index in [2.05, 4.69) is 0 Å². The maximum Gasteiger partial charge on any atom is 0.435 e. The summed E-state index contributed by atoms with van der Waals surface area (Å²) in [6, 6.07) is 1.84. The molecule has 0 aliphatic heterocycles. The van der Waals surface area contributed by atoms with Crippen LogP contribution in [-0.4, -0.2) is 24.7 Å². The molecule has 0 fully saturated rings. The van der Waals surface area contributed by atoms with Crippen LogP contribution in [0.25, 0.3) is 0 Å². The van der Waals surface area contributed by atoms with Gasteiger partial charge in [-0.25, -0.2) is 4.39 Å². The van der Waals surface area contributed by atoms with Crippen molar-refractivity contribution in [2.75, 3.05) is 11.1 Å². The minimum absolute atomic E-state index is 0.0324. The second-order valence-electron chi connectivity index (χ2n) is 6.72. The van der Waals surface area contributed by atoms with E-state index < -0.39 is 52.7 Å². The maximum absolute atomic E-state index is 14.0. The van der Waals surface area contributed by atoms with Crippen molar-refractivity contribution in [3.05, 3.63) is 59.7 Å². The van der Waals surface area contributed by atoms with Crippen molar-refractivity contribution < 1.29 is 57.1 Å². The molecule has 0 aliphatic rings. The average Bonchev–Trinajstić information content (AvgIpc) is 2.63. The van der Waals surface area contributed by atoms with Crippen molar-refractivity contribution in [3.63, 3.8) is 0 Å². The molecule has 2 rings (SSSR count). The monoisotopic (exact) mass is 502 g/mol. The summed E-state index contributed by atoms with van der Waals surface area (Å²) in [5.74, 6) is 0.